The maximum Gasteiger partial charge on any atom is 0.220 e. The number of nitrogens with two attached hydrogens (primary N) is 1. The predicted octanol–water partition coefficient (Wildman–Crippen LogP) is 1.80. The summed E-state index contributed by atoms with van der Waals surface area (Å²) >= 11 is 0. The van der Waals surface area contributed by atoms with Crippen molar-refractivity contribution >= 4 is 0 Å². The molecule has 94 valence electrons. The van der Waals surface area contributed by atoms with Crippen molar-refractivity contribution in [3.8, 4) is 11.6 Å². The third-order valence-corrected chi connectivity index (χ3v) is 3.94. The molecule has 0 aliphatic heterocycles. The highest BCUT2D eigenvalue weighted by Crippen LogP contribution is 2.66. The van der Waals surface area contributed by atoms with Crippen molar-refractivity contribution in [3.05, 3.63) is 17.8 Å². The van der Waals surface area contributed by atoms with E-state index in [1.54, 1.807) is 20.4 Å². The molecule has 1 aromatic heterocycles. The smallest absolute Gasteiger partial charge is 0.220 e. The first-order valence-electron chi connectivity index (χ1n) is 5.84. The van der Waals surface area contributed by atoms with E-state index in [-0.39, 0.29) is 5.41 Å². The maximum absolute atomic E-state index is 5.82. The maximum atomic E-state index is 5.82. The van der Waals surface area contributed by atoms with Gasteiger partial charge in [0.1, 0.15) is 5.75 Å². The van der Waals surface area contributed by atoms with Crippen molar-refractivity contribution in [2.75, 3.05) is 20.8 Å². The van der Waals surface area contributed by atoms with E-state index < -0.39 is 0 Å². The molecule has 1 aliphatic carbocycles. The van der Waals surface area contributed by atoms with Gasteiger partial charge in [0, 0.05) is 12.1 Å². The molecule has 1 saturated carbocycles. The predicted molar refractivity (Wildman–Crippen MR) is 66.4 cm³/mol. The van der Waals surface area contributed by atoms with Crippen LogP contribution in [0.4, 0.5) is 0 Å². The van der Waals surface area contributed by atoms with Gasteiger partial charge >= 0.3 is 0 Å². The van der Waals surface area contributed by atoms with E-state index in [1.165, 1.54) is 0 Å². The van der Waals surface area contributed by atoms with E-state index in [2.05, 4.69) is 18.8 Å². The largest absolute Gasteiger partial charge is 0.496 e. The molecule has 0 amide bonds. The first-order valence-corrected chi connectivity index (χ1v) is 5.84. The number of rotatable bonds is 4. The minimum Gasteiger partial charge on any atom is -0.496 e. The van der Waals surface area contributed by atoms with E-state index in [9.17, 15) is 0 Å². The third-order valence-electron chi connectivity index (χ3n) is 3.94. The highest BCUT2D eigenvalue weighted by atomic mass is 16.5. The standard InChI is InChI=1S/C13H20N2O2/c1-13(2)8(7-14)11(13)10-9(16-3)5-6-15-12(10)17-4/h5-6,8,11H,7,14H2,1-4H3/t8-,11+/m0/s1. The van der Waals surface area contributed by atoms with Gasteiger partial charge in [-0.3, -0.25) is 0 Å². The number of hydrogen-bond acceptors (Lipinski definition) is 4. The van der Waals surface area contributed by atoms with E-state index in [1.807, 2.05) is 6.07 Å². The quantitative estimate of drug-likeness (QED) is 0.866. The van der Waals surface area contributed by atoms with Crippen molar-refractivity contribution in [1.82, 2.24) is 4.98 Å². The lowest BCUT2D eigenvalue weighted by Crippen LogP contribution is -2.05. The Balaban J connectivity index is 2.45. The summed E-state index contributed by atoms with van der Waals surface area (Å²) in [5.41, 5.74) is 7.06. The normalized spacial score (nSPS) is 25.5. The summed E-state index contributed by atoms with van der Waals surface area (Å²) in [6.45, 7) is 5.13. The lowest BCUT2D eigenvalue weighted by molar-refractivity contribution is 0.370. The molecule has 4 heteroatoms. The van der Waals surface area contributed by atoms with Gasteiger partial charge in [-0.15, -0.1) is 0 Å². The molecule has 1 aliphatic rings. The molecule has 0 spiro atoms. The molecule has 2 N–H and O–H groups in total. The molecule has 0 saturated heterocycles. The lowest BCUT2D eigenvalue weighted by Gasteiger charge is -2.12. The summed E-state index contributed by atoms with van der Waals surface area (Å²) in [7, 11) is 3.31. The fourth-order valence-corrected chi connectivity index (χ4v) is 2.82. The number of aromatic nitrogens is 1. The van der Waals surface area contributed by atoms with Crippen molar-refractivity contribution in [3.63, 3.8) is 0 Å². The molecular formula is C13H20N2O2. The SMILES string of the molecule is COc1ccnc(OC)c1[C@H]1[C@H](CN)C1(C)C. The number of pyridine rings is 1. The van der Waals surface area contributed by atoms with Crippen LogP contribution in [0.1, 0.15) is 25.3 Å². The van der Waals surface area contributed by atoms with Gasteiger partial charge in [0.15, 0.2) is 0 Å². The summed E-state index contributed by atoms with van der Waals surface area (Å²) < 4.78 is 10.8. The second-order valence-corrected chi connectivity index (χ2v) is 5.08. The highest BCUT2D eigenvalue weighted by Gasteiger charge is 2.59. The lowest BCUT2D eigenvalue weighted by atomic mass is 10.0. The topological polar surface area (TPSA) is 57.4 Å². The first kappa shape index (κ1) is 12.2. The Hall–Kier alpha value is -1.29. The molecule has 0 aromatic carbocycles. The fourth-order valence-electron chi connectivity index (χ4n) is 2.82. The Bertz CT molecular complexity index is 396. The first-order chi connectivity index (χ1) is 8.07. The van der Waals surface area contributed by atoms with E-state index in [4.69, 9.17) is 15.2 Å². The van der Waals surface area contributed by atoms with Gasteiger partial charge in [0.25, 0.3) is 0 Å². The Morgan fingerprint density at radius 3 is 2.53 bits per heavy atom. The summed E-state index contributed by atoms with van der Waals surface area (Å²) in [4.78, 5) is 4.26. The summed E-state index contributed by atoms with van der Waals surface area (Å²) in [5.74, 6) is 2.32. The Morgan fingerprint density at radius 2 is 2.06 bits per heavy atom. The molecule has 4 nitrogen and oxygen atoms in total. The monoisotopic (exact) mass is 236 g/mol. The Morgan fingerprint density at radius 1 is 1.35 bits per heavy atom. The number of hydrogen-bond donors (Lipinski definition) is 1. The fraction of sp³-hybridized carbons (Fsp3) is 0.615. The minimum absolute atomic E-state index is 0.193. The zero-order valence-electron chi connectivity index (χ0n) is 10.9. The van der Waals surface area contributed by atoms with Crippen LogP contribution in [0.15, 0.2) is 12.3 Å². The highest BCUT2D eigenvalue weighted by molar-refractivity contribution is 5.48. The number of methoxy groups -OCH3 is 2. The van der Waals surface area contributed by atoms with Crippen LogP contribution >= 0.6 is 0 Å². The average Bonchev–Trinajstić information content (AvgIpc) is 2.89. The molecule has 2 atom stereocenters. The van der Waals surface area contributed by atoms with Crippen molar-refractivity contribution in [2.45, 2.75) is 19.8 Å². The molecule has 0 bridgehead atoms. The number of nitrogens with zero attached hydrogens (tertiary/aromatic N) is 1. The second-order valence-electron chi connectivity index (χ2n) is 5.08. The third kappa shape index (κ3) is 1.76. The molecule has 1 heterocycles. The van der Waals surface area contributed by atoms with E-state index in [0.29, 0.717) is 24.3 Å². The van der Waals surface area contributed by atoms with Gasteiger partial charge in [-0.1, -0.05) is 13.8 Å². The van der Waals surface area contributed by atoms with Gasteiger partial charge in [-0.05, 0) is 23.9 Å². The van der Waals surface area contributed by atoms with Crippen molar-refractivity contribution in [1.29, 1.82) is 0 Å². The van der Waals surface area contributed by atoms with Crippen LogP contribution in [-0.2, 0) is 0 Å². The van der Waals surface area contributed by atoms with Crippen LogP contribution < -0.4 is 15.2 Å². The van der Waals surface area contributed by atoms with Crippen molar-refractivity contribution < 1.29 is 9.47 Å². The van der Waals surface area contributed by atoms with E-state index in [0.717, 1.165) is 11.3 Å². The zero-order valence-corrected chi connectivity index (χ0v) is 10.9. The van der Waals surface area contributed by atoms with Gasteiger partial charge < -0.3 is 15.2 Å². The Labute approximate surface area is 102 Å². The second kappa shape index (κ2) is 4.18. The molecule has 17 heavy (non-hydrogen) atoms. The van der Waals surface area contributed by atoms with Crippen LogP contribution in [0.5, 0.6) is 11.6 Å². The molecule has 2 rings (SSSR count). The Kier molecular flexibility index (Phi) is 3.00. The number of ether oxygens (including phenoxy) is 2. The average molecular weight is 236 g/mol. The molecular weight excluding hydrogens is 216 g/mol. The minimum atomic E-state index is 0.193. The summed E-state index contributed by atoms with van der Waals surface area (Å²) in [6, 6.07) is 1.87. The van der Waals surface area contributed by atoms with Crippen LogP contribution in [0, 0.1) is 11.3 Å². The summed E-state index contributed by atoms with van der Waals surface area (Å²) in [5, 5.41) is 0. The molecule has 1 aromatic rings. The van der Waals surface area contributed by atoms with Crippen LogP contribution in [-0.4, -0.2) is 25.7 Å². The van der Waals surface area contributed by atoms with Gasteiger partial charge in [0.05, 0.1) is 19.8 Å². The van der Waals surface area contributed by atoms with Crippen LogP contribution in [0.3, 0.4) is 0 Å². The van der Waals surface area contributed by atoms with Gasteiger partial charge in [-0.25, -0.2) is 4.98 Å². The van der Waals surface area contributed by atoms with E-state index >= 15 is 0 Å². The molecule has 0 radical (unpaired) electrons. The molecule has 0 unspecified atom stereocenters. The molecule has 1 fully saturated rings. The zero-order chi connectivity index (χ0) is 12.6. The van der Waals surface area contributed by atoms with Gasteiger partial charge in [0.2, 0.25) is 5.88 Å². The van der Waals surface area contributed by atoms with Crippen molar-refractivity contribution in [2.24, 2.45) is 17.1 Å². The van der Waals surface area contributed by atoms with Crippen LogP contribution in [0.2, 0.25) is 0 Å². The van der Waals surface area contributed by atoms with Gasteiger partial charge in [-0.2, -0.15) is 0 Å². The summed E-state index contributed by atoms with van der Waals surface area (Å²) in [6.07, 6.45) is 1.70. The van der Waals surface area contributed by atoms with Crippen LogP contribution in [0.25, 0.3) is 0 Å².